The predicted molar refractivity (Wildman–Crippen MR) is 28.6 cm³/mol. The fourth-order valence-corrected chi connectivity index (χ4v) is 0.326. The number of azide groups is 1. The molecule has 6 nitrogen and oxygen atoms in total. The van der Waals surface area contributed by atoms with Gasteiger partial charge in [-0.05, 0) is 10.6 Å². The Kier molecular flexibility index (Phi) is 1.57. The van der Waals surface area contributed by atoms with Crippen molar-refractivity contribution in [2.45, 2.75) is 0 Å². The van der Waals surface area contributed by atoms with E-state index in [-0.39, 0.29) is 5.95 Å². The van der Waals surface area contributed by atoms with Crippen molar-refractivity contribution in [3.63, 3.8) is 0 Å². The van der Waals surface area contributed by atoms with Gasteiger partial charge < -0.3 is 0 Å². The van der Waals surface area contributed by atoms with E-state index in [4.69, 9.17) is 5.53 Å². The molecule has 0 amide bonds. The molecule has 0 atom stereocenters. The maximum absolute atomic E-state index is 7.87. The Hall–Kier alpha value is -1.68. The van der Waals surface area contributed by atoms with Gasteiger partial charge in [-0.2, -0.15) is 5.10 Å². The fourth-order valence-electron chi connectivity index (χ4n) is 0.326. The molecule has 1 rings (SSSR count). The molecule has 0 bridgehead atoms. The van der Waals surface area contributed by atoms with E-state index in [0.717, 1.165) is 0 Å². The number of aromatic nitrogens is 3. The van der Waals surface area contributed by atoms with Crippen LogP contribution in [-0.4, -0.2) is 15.2 Å². The molecule has 0 aliphatic heterocycles. The van der Waals surface area contributed by atoms with Gasteiger partial charge in [-0.25, -0.2) is 4.98 Å². The second-order valence-corrected chi connectivity index (χ2v) is 1.13. The molecular formula is C3H2N6. The predicted octanol–water partition coefficient (Wildman–Crippen LogP) is 0.813. The standard InChI is InChI=1S/C3H2N6/c4-9-8-3-5-1-2-6-7-3/h1-2H. The molecule has 6 heteroatoms. The van der Waals surface area contributed by atoms with Crippen molar-refractivity contribution in [3.8, 4) is 0 Å². The molecule has 0 aliphatic rings. The topological polar surface area (TPSA) is 87.4 Å². The molecular weight excluding hydrogens is 120 g/mol. The van der Waals surface area contributed by atoms with E-state index in [1.165, 1.54) is 12.4 Å². The fraction of sp³-hybridized carbons (Fsp3) is 0. The molecule has 1 aromatic rings. The van der Waals surface area contributed by atoms with Crippen molar-refractivity contribution in [2.75, 3.05) is 0 Å². The number of nitrogens with zero attached hydrogens (tertiary/aromatic N) is 6. The van der Waals surface area contributed by atoms with Crippen LogP contribution in [0.2, 0.25) is 0 Å². The van der Waals surface area contributed by atoms with Crippen molar-refractivity contribution in [2.24, 2.45) is 5.11 Å². The highest BCUT2D eigenvalue weighted by Crippen LogP contribution is 1.95. The van der Waals surface area contributed by atoms with Crippen molar-refractivity contribution >= 4 is 5.95 Å². The van der Waals surface area contributed by atoms with E-state index in [1.54, 1.807) is 0 Å². The van der Waals surface area contributed by atoms with Gasteiger partial charge >= 0.3 is 0 Å². The highest BCUT2D eigenvalue weighted by atomic mass is 15.3. The van der Waals surface area contributed by atoms with Gasteiger partial charge in [0.15, 0.2) is 0 Å². The molecule has 0 aromatic carbocycles. The molecule has 0 saturated carbocycles. The average Bonchev–Trinajstić information content (AvgIpc) is 1.91. The van der Waals surface area contributed by atoms with Crippen LogP contribution in [0.3, 0.4) is 0 Å². The van der Waals surface area contributed by atoms with E-state index in [9.17, 15) is 0 Å². The Morgan fingerprint density at radius 2 is 2.44 bits per heavy atom. The summed E-state index contributed by atoms with van der Waals surface area (Å²) in [6.07, 6.45) is 2.80. The van der Waals surface area contributed by atoms with E-state index in [2.05, 4.69) is 25.2 Å². The van der Waals surface area contributed by atoms with Crippen molar-refractivity contribution in [1.29, 1.82) is 0 Å². The molecule has 0 spiro atoms. The van der Waals surface area contributed by atoms with Crippen LogP contribution < -0.4 is 0 Å². The van der Waals surface area contributed by atoms with E-state index in [0.29, 0.717) is 0 Å². The van der Waals surface area contributed by atoms with E-state index < -0.39 is 0 Å². The normalized spacial score (nSPS) is 8.00. The van der Waals surface area contributed by atoms with Crippen LogP contribution in [0.15, 0.2) is 17.5 Å². The highest BCUT2D eigenvalue weighted by molar-refractivity contribution is 5.07. The van der Waals surface area contributed by atoms with E-state index in [1.807, 2.05) is 0 Å². The summed E-state index contributed by atoms with van der Waals surface area (Å²) in [5.74, 6) is 0.0417. The Labute approximate surface area is 50.2 Å². The zero-order valence-corrected chi connectivity index (χ0v) is 4.34. The lowest BCUT2D eigenvalue weighted by molar-refractivity contribution is 0.959. The number of hydrogen-bond donors (Lipinski definition) is 0. The van der Waals surface area contributed by atoms with Gasteiger partial charge in [0.05, 0.1) is 6.20 Å². The summed E-state index contributed by atoms with van der Waals surface area (Å²) in [5, 5.41) is 9.92. The molecule has 9 heavy (non-hydrogen) atoms. The molecule has 44 valence electrons. The average molecular weight is 122 g/mol. The lowest BCUT2D eigenvalue weighted by Crippen LogP contribution is -1.80. The molecule has 1 heterocycles. The zero-order chi connectivity index (χ0) is 6.53. The first-order valence-corrected chi connectivity index (χ1v) is 2.12. The van der Waals surface area contributed by atoms with Crippen LogP contribution in [0, 0.1) is 0 Å². The second-order valence-electron chi connectivity index (χ2n) is 1.13. The minimum absolute atomic E-state index is 0.0417. The third kappa shape index (κ3) is 1.36. The largest absolute Gasteiger partial charge is 0.238 e. The first kappa shape index (κ1) is 5.46. The Morgan fingerprint density at radius 1 is 1.56 bits per heavy atom. The van der Waals surface area contributed by atoms with Gasteiger partial charge in [-0.3, -0.25) is 0 Å². The Balaban J connectivity index is 2.97. The van der Waals surface area contributed by atoms with E-state index >= 15 is 0 Å². The zero-order valence-electron chi connectivity index (χ0n) is 4.34. The van der Waals surface area contributed by atoms with Crippen molar-refractivity contribution in [3.05, 3.63) is 22.8 Å². The molecule has 0 radical (unpaired) electrons. The van der Waals surface area contributed by atoms with Crippen LogP contribution >= 0.6 is 0 Å². The van der Waals surface area contributed by atoms with Gasteiger partial charge in [0.2, 0.25) is 5.95 Å². The van der Waals surface area contributed by atoms with Crippen LogP contribution in [0.1, 0.15) is 0 Å². The summed E-state index contributed by atoms with van der Waals surface area (Å²) in [7, 11) is 0. The van der Waals surface area contributed by atoms with Crippen molar-refractivity contribution in [1.82, 2.24) is 15.2 Å². The van der Waals surface area contributed by atoms with Crippen LogP contribution in [-0.2, 0) is 0 Å². The van der Waals surface area contributed by atoms with Crippen LogP contribution in [0.4, 0.5) is 5.95 Å². The minimum Gasteiger partial charge on any atom is -0.232 e. The summed E-state index contributed by atoms with van der Waals surface area (Å²) in [4.78, 5) is 6.04. The molecule has 0 saturated heterocycles. The molecule has 1 aromatic heterocycles. The van der Waals surface area contributed by atoms with Gasteiger partial charge in [-0.1, -0.05) is 0 Å². The second kappa shape index (κ2) is 2.58. The maximum atomic E-state index is 7.87. The molecule has 0 N–H and O–H groups in total. The first-order chi connectivity index (χ1) is 4.43. The minimum atomic E-state index is 0.0417. The number of hydrogen-bond acceptors (Lipinski definition) is 4. The SMILES string of the molecule is [N-]=[N+]=Nc1nccnn1. The number of rotatable bonds is 1. The summed E-state index contributed by atoms with van der Waals surface area (Å²) < 4.78 is 0. The monoisotopic (exact) mass is 122 g/mol. The summed E-state index contributed by atoms with van der Waals surface area (Å²) in [6.45, 7) is 0. The molecule has 0 fully saturated rings. The molecule has 0 aliphatic carbocycles. The highest BCUT2D eigenvalue weighted by Gasteiger charge is 1.84. The third-order valence-electron chi connectivity index (χ3n) is 0.605. The summed E-state index contributed by atoms with van der Waals surface area (Å²) >= 11 is 0. The van der Waals surface area contributed by atoms with Gasteiger partial charge in [0, 0.05) is 11.1 Å². The lowest BCUT2D eigenvalue weighted by Gasteiger charge is -1.80. The first-order valence-electron chi connectivity index (χ1n) is 2.12. The van der Waals surface area contributed by atoms with Crippen LogP contribution in [0.5, 0.6) is 0 Å². The summed E-state index contributed by atoms with van der Waals surface area (Å²) in [6, 6.07) is 0. The van der Waals surface area contributed by atoms with Gasteiger partial charge in [0.1, 0.15) is 0 Å². The van der Waals surface area contributed by atoms with Gasteiger partial charge in [-0.15, -0.1) is 5.10 Å². The van der Waals surface area contributed by atoms with Gasteiger partial charge in [0.25, 0.3) is 0 Å². The molecule has 0 unspecified atom stereocenters. The Bertz CT molecular complexity index is 223. The lowest BCUT2D eigenvalue weighted by atomic mass is 10.9. The summed E-state index contributed by atoms with van der Waals surface area (Å²) in [5.41, 5.74) is 7.87. The Morgan fingerprint density at radius 3 is 3.00 bits per heavy atom. The third-order valence-corrected chi connectivity index (χ3v) is 0.605. The smallest absolute Gasteiger partial charge is 0.232 e. The quantitative estimate of drug-likeness (QED) is 0.313. The maximum Gasteiger partial charge on any atom is 0.238 e. The van der Waals surface area contributed by atoms with Crippen molar-refractivity contribution < 1.29 is 0 Å². The van der Waals surface area contributed by atoms with Crippen LogP contribution in [0.25, 0.3) is 10.4 Å².